The van der Waals surface area contributed by atoms with E-state index in [1.807, 2.05) is 19.9 Å². The van der Waals surface area contributed by atoms with Crippen molar-refractivity contribution in [1.29, 1.82) is 0 Å². The highest BCUT2D eigenvalue weighted by Gasteiger charge is 2.24. The van der Waals surface area contributed by atoms with Crippen LogP contribution in [0.25, 0.3) is 5.82 Å². The molecule has 8 nitrogen and oxygen atoms in total. The summed E-state index contributed by atoms with van der Waals surface area (Å²) in [7, 11) is 2.27. The van der Waals surface area contributed by atoms with E-state index in [2.05, 4.69) is 31.9 Å². The average Bonchev–Trinajstić information content (AvgIpc) is 3.08. The van der Waals surface area contributed by atoms with E-state index < -0.39 is 0 Å². The van der Waals surface area contributed by atoms with Gasteiger partial charge in [0.25, 0.3) is 5.56 Å². The van der Waals surface area contributed by atoms with Crippen molar-refractivity contribution in [2.24, 2.45) is 0 Å². The number of aromatic nitrogens is 4. The largest absolute Gasteiger partial charge is 0.302 e. The van der Waals surface area contributed by atoms with Crippen LogP contribution in [0.4, 0.5) is 0 Å². The normalized spacial score (nSPS) is 21.9. The minimum absolute atomic E-state index is 0.0562. The van der Waals surface area contributed by atoms with Crippen LogP contribution in [0.2, 0.25) is 0 Å². The Bertz CT molecular complexity index is 897. The Morgan fingerprint density at radius 3 is 2.43 bits per heavy atom. The zero-order valence-electron chi connectivity index (χ0n) is 18.6. The Balaban J connectivity index is 1.30. The Labute approximate surface area is 179 Å². The molecule has 2 aromatic heterocycles. The number of aryl methyl sites for hydroxylation is 2. The number of hydrogen-bond acceptors (Lipinski definition) is 6. The highest BCUT2D eigenvalue weighted by Crippen LogP contribution is 2.17. The van der Waals surface area contributed by atoms with E-state index in [4.69, 9.17) is 0 Å². The molecule has 0 amide bonds. The summed E-state index contributed by atoms with van der Waals surface area (Å²) in [6.45, 7) is 12.2. The van der Waals surface area contributed by atoms with Crippen molar-refractivity contribution < 1.29 is 0 Å². The lowest BCUT2D eigenvalue weighted by Crippen LogP contribution is -2.52. The molecule has 0 saturated carbocycles. The maximum atomic E-state index is 12.3. The third-order valence-electron chi connectivity index (χ3n) is 6.56. The van der Waals surface area contributed by atoms with E-state index in [-0.39, 0.29) is 5.56 Å². The molecule has 0 bridgehead atoms. The molecule has 0 aromatic carbocycles. The zero-order valence-corrected chi connectivity index (χ0v) is 18.6. The van der Waals surface area contributed by atoms with Crippen LogP contribution < -0.4 is 5.56 Å². The van der Waals surface area contributed by atoms with E-state index in [0.717, 1.165) is 44.1 Å². The van der Waals surface area contributed by atoms with Crippen molar-refractivity contribution in [1.82, 2.24) is 34.3 Å². The highest BCUT2D eigenvalue weighted by molar-refractivity contribution is 5.23. The number of hydrogen-bond donors (Lipinski definition) is 0. The molecule has 1 unspecified atom stereocenters. The first-order valence-electron chi connectivity index (χ1n) is 11.3. The number of piperazine rings is 1. The van der Waals surface area contributed by atoms with Gasteiger partial charge in [0.2, 0.25) is 0 Å². The Hall–Kier alpha value is -2.03. The molecule has 164 valence electrons. The van der Waals surface area contributed by atoms with Crippen molar-refractivity contribution in [3.8, 4) is 5.82 Å². The third-order valence-corrected chi connectivity index (χ3v) is 6.56. The van der Waals surface area contributed by atoms with Crippen LogP contribution in [0.1, 0.15) is 30.7 Å². The molecule has 2 fully saturated rings. The van der Waals surface area contributed by atoms with Gasteiger partial charge in [-0.15, -0.1) is 5.10 Å². The molecule has 0 aliphatic carbocycles. The van der Waals surface area contributed by atoms with Gasteiger partial charge in [0.05, 0.1) is 12.2 Å². The van der Waals surface area contributed by atoms with E-state index in [1.165, 1.54) is 32.4 Å². The van der Waals surface area contributed by atoms with Gasteiger partial charge < -0.3 is 4.90 Å². The second kappa shape index (κ2) is 9.41. The zero-order chi connectivity index (χ0) is 21.1. The van der Waals surface area contributed by atoms with Gasteiger partial charge in [-0.3, -0.25) is 14.6 Å². The van der Waals surface area contributed by atoms with Crippen LogP contribution in [0.15, 0.2) is 23.0 Å². The molecular formula is C22H35N7O. The van der Waals surface area contributed by atoms with Gasteiger partial charge in [0, 0.05) is 57.1 Å². The maximum absolute atomic E-state index is 12.3. The maximum Gasteiger partial charge on any atom is 0.266 e. The summed E-state index contributed by atoms with van der Waals surface area (Å²) in [6.07, 6.45) is 4.04. The molecule has 2 aliphatic heterocycles. The van der Waals surface area contributed by atoms with Crippen molar-refractivity contribution in [3.05, 3.63) is 39.9 Å². The molecule has 1 atom stereocenters. The summed E-state index contributed by atoms with van der Waals surface area (Å²) in [5.41, 5.74) is 1.91. The number of likely N-dealkylation sites (N-methyl/N-ethyl adjacent to an activating group) is 1. The van der Waals surface area contributed by atoms with E-state index in [9.17, 15) is 4.79 Å². The van der Waals surface area contributed by atoms with Gasteiger partial charge in [0.1, 0.15) is 0 Å². The van der Waals surface area contributed by atoms with Crippen LogP contribution >= 0.6 is 0 Å². The predicted octanol–water partition coefficient (Wildman–Crippen LogP) is 1.15. The molecule has 2 saturated heterocycles. The molecule has 4 rings (SSSR count). The summed E-state index contributed by atoms with van der Waals surface area (Å²) < 4.78 is 3.38. The molecular weight excluding hydrogens is 378 g/mol. The van der Waals surface area contributed by atoms with Crippen molar-refractivity contribution in [2.45, 2.75) is 45.7 Å². The SMILES string of the molecule is Cc1cc(C)n(-c2ccc(=O)n(CCN3CCN(CC4CCCCN4C)CC3)n2)n1. The van der Waals surface area contributed by atoms with Gasteiger partial charge >= 0.3 is 0 Å². The van der Waals surface area contributed by atoms with Crippen LogP contribution in [0.3, 0.4) is 0 Å². The standard InChI is InChI=1S/C22H35N7O/c1-18-16-19(2)29(23-18)21-7-8-22(30)28(24-21)15-14-26-10-12-27(13-11-26)17-20-6-4-5-9-25(20)3/h7-8,16,20H,4-6,9-15,17H2,1-3H3. The molecule has 0 spiro atoms. The minimum Gasteiger partial charge on any atom is -0.302 e. The number of likely N-dealkylation sites (tertiary alicyclic amines) is 1. The molecule has 2 aliphatic rings. The second-order valence-electron chi connectivity index (χ2n) is 8.86. The number of piperidine rings is 1. The van der Waals surface area contributed by atoms with Crippen LogP contribution in [0, 0.1) is 13.8 Å². The predicted molar refractivity (Wildman–Crippen MR) is 118 cm³/mol. The fourth-order valence-corrected chi connectivity index (χ4v) is 4.68. The van der Waals surface area contributed by atoms with Crippen molar-refractivity contribution in [3.63, 3.8) is 0 Å². The topological polar surface area (TPSA) is 62.4 Å². The molecule has 4 heterocycles. The summed E-state index contributed by atoms with van der Waals surface area (Å²) in [5, 5.41) is 9.05. The van der Waals surface area contributed by atoms with Crippen LogP contribution in [-0.2, 0) is 6.54 Å². The van der Waals surface area contributed by atoms with Crippen molar-refractivity contribution >= 4 is 0 Å². The highest BCUT2D eigenvalue weighted by atomic mass is 16.1. The van der Waals surface area contributed by atoms with E-state index >= 15 is 0 Å². The van der Waals surface area contributed by atoms with Gasteiger partial charge in [-0.1, -0.05) is 6.42 Å². The van der Waals surface area contributed by atoms with Crippen LogP contribution in [0.5, 0.6) is 0 Å². The summed E-state index contributed by atoms with van der Waals surface area (Å²) >= 11 is 0. The Kier molecular flexibility index (Phi) is 6.65. The summed E-state index contributed by atoms with van der Waals surface area (Å²) in [6, 6.07) is 6.07. The third kappa shape index (κ3) is 4.99. The monoisotopic (exact) mass is 413 g/mol. The number of rotatable bonds is 6. The molecule has 0 N–H and O–H groups in total. The lowest BCUT2D eigenvalue weighted by Gasteiger charge is -2.40. The fourth-order valence-electron chi connectivity index (χ4n) is 4.68. The quantitative estimate of drug-likeness (QED) is 0.708. The Morgan fingerprint density at radius 2 is 1.73 bits per heavy atom. The Morgan fingerprint density at radius 1 is 0.967 bits per heavy atom. The molecule has 2 aromatic rings. The first-order chi connectivity index (χ1) is 14.5. The van der Waals surface area contributed by atoms with E-state index in [0.29, 0.717) is 18.4 Å². The van der Waals surface area contributed by atoms with Gasteiger partial charge in [0.15, 0.2) is 5.82 Å². The number of nitrogens with zero attached hydrogens (tertiary/aromatic N) is 7. The van der Waals surface area contributed by atoms with Gasteiger partial charge in [-0.2, -0.15) is 5.10 Å². The van der Waals surface area contributed by atoms with Crippen molar-refractivity contribution in [2.75, 3.05) is 52.9 Å². The summed E-state index contributed by atoms with van der Waals surface area (Å²) in [5.74, 6) is 0.696. The molecule has 30 heavy (non-hydrogen) atoms. The lowest BCUT2D eigenvalue weighted by atomic mass is 10.0. The van der Waals surface area contributed by atoms with E-state index in [1.54, 1.807) is 21.5 Å². The van der Waals surface area contributed by atoms with Gasteiger partial charge in [-0.05, 0) is 52.4 Å². The average molecular weight is 414 g/mol. The van der Waals surface area contributed by atoms with Gasteiger partial charge in [-0.25, -0.2) is 9.36 Å². The summed E-state index contributed by atoms with van der Waals surface area (Å²) in [4.78, 5) is 19.9. The first-order valence-corrected chi connectivity index (χ1v) is 11.3. The second-order valence-corrected chi connectivity index (χ2v) is 8.86. The smallest absolute Gasteiger partial charge is 0.266 e. The lowest BCUT2D eigenvalue weighted by molar-refractivity contribution is 0.0826. The fraction of sp³-hybridized carbons (Fsp3) is 0.682. The minimum atomic E-state index is -0.0562. The molecule has 8 heteroatoms. The van der Waals surface area contributed by atoms with Crippen LogP contribution in [-0.4, -0.2) is 93.2 Å². The molecule has 0 radical (unpaired) electrons. The first kappa shape index (κ1) is 21.2.